The highest BCUT2D eigenvalue weighted by atomic mass is 79.9. The molecule has 0 N–H and O–H groups in total. The van der Waals surface area contributed by atoms with Gasteiger partial charge in [0.05, 0.1) is 16.0 Å². The summed E-state index contributed by atoms with van der Waals surface area (Å²) in [5.41, 5.74) is -2.01. The van der Waals surface area contributed by atoms with Crippen molar-refractivity contribution in [3.05, 3.63) is 54.3 Å². The SMILES string of the molecule is Cn1c(=S)n(C)c(=O)n(-c2cc(C(=O)CBr)c(Cl)cc2F)c1=O. The first kappa shape index (κ1) is 17.8. The fourth-order valence-electron chi connectivity index (χ4n) is 1.97. The Labute approximate surface area is 147 Å². The summed E-state index contributed by atoms with van der Waals surface area (Å²) in [4.78, 5) is 36.4. The van der Waals surface area contributed by atoms with Crippen molar-refractivity contribution in [3.63, 3.8) is 0 Å². The van der Waals surface area contributed by atoms with E-state index >= 15 is 0 Å². The Kier molecular flexibility index (Phi) is 5.02. The molecule has 0 aliphatic heterocycles. The number of ketones is 1. The minimum Gasteiger partial charge on any atom is -0.293 e. The molecule has 0 aliphatic rings. The average Bonchev–Trinajstić information content (AvgIpc) is 2.52. The molecule has 6 nitrogen and oxygen atoms in total. The molecule has 0 aliphatic carbocycles. The van der Waals surface area contributed by atoms with Gasteiger partial charge >= 0.3 is 11.4 Å². The highest BCUT2D eigenvalue weighted by Gasteiger charge is 2.19. The molecule has 1 aromatic heterocycles. The van der Waals surface area contributed by atoms with E-state index in [0.717, 1.165) is 21.3 Å². The third-order valence-electron chi connectivity index (χ3n) is 3.23. The number of benzene rings is 1. The molecule has 0 saturated heterocycles. The van der Waals surface area contributed by atoms with Crippen molar-refractivity contribution in [2.75, 3.05) is 5.33 Å². The second kappa shape index (κ2) is 6.50. The number of rotatable bonds is 3. The summed E-state index contributed by atoms with van der Waals surface area (Å²) in [6.07, 6.45) is 0. The fourth-order valence-corrected chi connectivity index (χ4v) is 2.69. The van der Waals surface area contributed by atoms with Gasteiger partial charge in [-0.2, -0.15) is 0 Å². The minimum absolute atomic E-state index is 0.000928. The summed E-state index contributed by atoms with van der Waals surface area (Å²) in [6.45, 7) is 0. The van der Waals surface area contributed by atoms with Crippen LogP contribution < -0.4 is 11.4 Å². The van der Waals surface area contributed by atoms with Crippen LogP contribution in [0.1, 0.15) is 10.4 Å². The topological polar surface area (TPSA) is 66.0 Å². The number of hydrogen-bond donors (Lipinski definition) is 0. The van der Waals surface area contributed by atoms with Gasteiger partial charge in [0.15, 0.2) is 10.6 Å². The van der Waals surface area contributed by atoms with E-state index in [9.17, 15) is 18.8 Å². The maximum atomic E-state index is 14.3. The average molecular weight is 423 g/mol. The quantitative estimate of drug-likeness (QED) is 0.431. The number of hydrogen-bond acceptors (Lipinski definition) is 4. The van der Waals surface area contributed by atoms with Crippen molar-refractivity contribution in [1.29, 1.82) is 0 Å². The molecule has 2 aromatic rings. The Hall–Kier alpha value is -1.58. The van der Waals surface area contributed by atoms with Crippen molar-refractivity contribution in [2.45, 2.75) is 0 Å². The van der Waals surface area contributed by atoms with Crippen molar-refractivity contribution in [3.8, 4) is 5.69 Å². The monoisotopic (exact) mass is 421 g/mol. The van der Waals surface area contributed by atoms with Crippen LogP contribution in [0.3, 0.4) is 0 Å². The van der Waals surface area contributed by atoms with Gasteiger partial charge in [0.1, 0.15) is 5.82 Å². The molecule has 0 fully saturated rings. The van der Waals surface area contributed by atoms with E-state index in [4.69, 9.17) is 23.8 Å². The smallest absolute Gasteiger partial charge is 0.293 e. The summed E-state index contributed by atoms with van der Waals surface area (Å²) in [6, 6.07) is 1.97. The maximum Gasteiger partial charge on any atom is 0.338 e. The Bertz CT molecular complexity index is 955. The largest absolute Gasteiger partial charge is 0.338 e. The predicted octanol–water partition coefficient (Wildman–Crippen LogP) is 1.97. The van der Waals surface area contributed by atoms with Crippen LogP contribution in [-0.4, -0.2) is 24.8 Å². The molecule has 0 atom stereocenters. The third kappa shape index (κ3) is 2.96. The molecule has 0 saturated carbocycles. The standard InChI is InChI=1S/C13H10BrClFN3O3S/c1-17-11(21)19(12(22)18(2)13(17)23)9-3-6(10(20)5-14)7(15)4-8(9)16/h3-4H,5H2,1-2H3. The summed E-state index contributed by atoms with van der Waals surface area (Å²) >= 11 is 13.8. The zero-order chi connectivity index (χ0) is 17.5. The van der Waals surface area contributed by atoms with Gasteiger partial charge < -0.3 is 0 Å². The molecule has 1 heterocycles. The zero-order valence-electron chi connectivity index (χ0n) is 12.0. The van der Waals surface area contributed by atoms with Crippen molar-refractivity contribution >= 4 is 45.5 Å². The molecule has 10 heteroatoms. The highest BCUT2D eigenvalue weighted by Crippen LogP contribution is 2.23. The van der Waals surface area contributed by atoms with Crippen molar-refractivity contribution in [1.82, 2.24) is 13.7 Å². The molecular formula is C13H10BrClFN3O3S. The molecule has 0 radical (unpaired) electrons. The number of alkyl halides is 1. The van der Waals surface area contributed by atoms with E-state index in [2.05, 4.69) is 15.9 Å². The summed E-state index contributed by atoms with van der Waals surface area (Å²) in [7, 11) is 2.72. The van der Waals surface area contributed by atoms with Crippen molar-refractivity contribution < 1.29 is 9.18 Å². The normalized spacial score (nSPS) is 10.8. The van der Waals surface area contributed by atoms with Gasteiger partial charge in [0.2, 0.25) is 0 Å². The van der Waals surface area contributed by atoms with Gasteiger partial charge in [-0.1, -0.05) is 27.5 Å². The Morgan fingerprint density at radius 1 is 1.26 bits per heavy atom. The van der Waals surface area contributed by atoms with E-state index in [1.165, 1.54) is 14.1 Å². The Balaban J connectivity index is 2.94. The summed E-state index contributed by atoms with van der Waals surface area (Å²) in [5, 5.41) is -0.145. The van der Waals surface area contributed by atoms with Crippen LogP contribution in [0.5, 0.6) is 0 Å². The van der Waals surface area contributed by atoms with Crippen LogP contribution in [-0.2, 0) is 14.1 Å². The van der Waals surface area contributed by atoms with E-state index < -0.39 is 23.0 Å². The molecule has 2 rings (SSSR count). The molecule has 0 unspecified atom stereocenters. The summed E-state index contributed by atoms with van der Waals surface area (Å²) in [5.74, 6) is -1.32. The number of carbonyl (C=O) groups excluding carboxylic acids is 1. The number of carbonyl (C=O) groups is 1. The van der Waals surface area contributed by atoms with Crippen LogP contribution >= 0.6 is 39.7 Å². The lowest BCUT2D eigenvalue weighted by Gasteiger charge is -2.12. The van der Waals surface area contributed by atoms with E-state index in [1.807, 2.05) is 0 Å². The van der Waals surface area contributed by atoms with Gasteiger partial charge in [-0.15, -0.1) is 0 Å². The molecule has 122 valence electrons. The lowest BCUT2D eigenvalue weighted by molar-refractivity contribution is 0.102. The van der Waals surface area contributed by atoms with Gasteiger partial charge in [-0.05, 0) is 24.4 Å². The maximum absolute atomic E-state index is 14.3. The van der Waals surface area contributed by atoms with Crippen LogP contribution in [0.2, 0.25) is 5.02 Å². The number of aromatic nitrogens is 3. The van der Waals surface area contributed by atoms with Gasteiger partial charge in [0.25, 0.3) is 0 Å². The van der Waals surface area contributed by atoms with Crippen LogP contribution in [0.25, 0.3) is 5.69 Å². The summed E-state index contributed by atoms with van der Waals surface area (Å²) < 4.78 is 16.9. The number of Topliss-reactive ketones (excluding diaryl/α,β-unsaturated/α-hetero) is 1. The second-order valence-electron chi connectivity index (χ2n) is 4.64. The minimum atomic E-state index is -0.905. The Morgan fingerprint density at radius 2 is 1.78 bits per heavy atom. The Morgan fingerprint density at radius 3 is 2.26 bits per heavy atom. The fraction of sp³-hybridized carbons (Fsp3) is 0.231. The van der Waals surface area contributed by atoms with Crippen LogP contribution in [0, 0.1) is 10.6 Å². The van der Waals surface area contributed by atoms with Gasteiger partial charge in [0, 0.05) is 19.7 Å². The lowest BCUT2D eigenvalue weighted by atomic mass is 10.1. The molecule has 0 bridgehead atoms. The molecule has 1 aromatic carbocycles. The molecule has 23 heavy (non-hydrogen) atoms. The van der Waals surface area contributed by atoms with Crippen LogP contribution in [0.15, 0.2) is 21.7 Å². The first-order valence-corrected chi connectivity index (χ1v) is 8.09. The lowest BCUT2D eigenvalue weighted by Crippen LogP contribution is -2.43. The third-order valence-corrected chi connectivity index (χ3v) is 4.60. The van der Waals surface area contributed by atoms with Crippen LogP contribution in [0.4, 0.5) is 4.39 Å². The molecule has 0 spiro atoms. The second-order valence-corrected chi connectivity index (χ2v) is 5.97. The molecule has 0 amide bonds. The first-order chi connectivity index (χ1) is 10.7. The van der Waals surface area contributed by atoms with E-state index in [0.29, 0.717) is 4.57 Å². The van der Waals surface area contributed by atoms with E-state index in [1.54, 1.807) is 0 Å². The highest BCUT2D eigenvalue weighted by molar-refractivity contribution is 9.09. The molecular weight excluding hydrogens is 413 g/mol. The zero-order valence-corrected chi connectivity index (χ0v) is 15.1. The number of nitrogens with zero attached hydrogens (tertiary/aromatic N) is 3. The van der Waals surface area contributed by atoms with Crippen molar-refractivity contribution in [2.24, 2.45) is 14.1 Å². The van der Waals surface area contributed by atoms with Gasteiger partial charge in [-0.3, -0.25) is 13.9 Å². The predicted molar refractivity (Wildman–Crippen MR) is 90.2 cm³/mol. The number of halogens is 3. The van der Waals surface area contributed by atoms with Gasteiger partial charge in [-0.25, -0.2) is 18.5 Å². The first-order valence-electron chi connectivity index (χ1n) is 6.18. The van der Waals surface area contributed by atoms with E-state index in [-0.39, 0.29) is 26.4 Å².